The maximum Gasteiger partial charge on any atom is 0.279 e. The van der Waals surface area contributed by atoms with Crippen LogP contribution in [0, 0.1) is 5.82 Å². The lowest BCUT2D eigenvalue weighted by Gasteiger charge is -2.14. The van der Waals surface area contributed by atoms with E-state index < -0.39 is 5.82 Å². The monoisotopic (exact) mass is 380 g/mol. The Morgan fingerprint density at radius 3 is 2.46 bits per heavy atom. The van der Waals surface area contributed by atoms with Crippen molar-refractivity contribution in [3.8, 4) is 5.75 Å². The first-order valence-corrected chi connectivity index (χ1v) is 8.25. The van der Waals surface area contributed by atoms with Gasteiger partial charge in [-0.1, -0.05) is 17.7 Å². The van der Waals surface area contributed by atoms with Crippen molar-refractivity contribution >= 4 is 34.8 Å². The highest BCUT2D eigenvalue weighted by atomic mass is 35.5. The Morgan fingerprint density at radius 2 is 1.81 bits per heavy atom. The molecule has 1 unspecified atom stereocenters. The number of amides is 2. The Labute approximate surface area is 155 Å². The molecule has 8 heteroatoms. The molecular weight excluding hydrogens is 361 g/mol. The molecule has 3 N–H and O–H groups in total. The first kappa shape index (κ1) is 19.7. The van der Waals surface area contributed by atoms with E-state index in [9.17, 15) is 14.0 Å². The number of ether oxygens (including phenoxy) is 1. The summed E-state index contributed by atoms with van der Waals surface area (Å²) in [5, 5.41) is 5.47. The zero-order valence-corrected chi connectivity index (χ0v) is 15.2. The maximum absolute atomic E-state index is 13.0. The van der Waals surface area contributed by atoms with E-state index in [2.05, 4.69) is 10.6 Å². The fourth-order valence-electron chi connectivity index (χ4n) is 2.30. The number of hydrogen-bond donors (Lipinski definition) is 3. The molecule has 1 atom stereocenters. The summed E-state index contributed by atoms with van der Waals surface area (Å²) < 4.78 is 18.1. The van der Waals surface area contributed by atoms with Gasteiger partial charge in [-0.05, 0) is 30.3 Å². The minimum atomic E-state index is -0.482. The second-order valence-electron chi connectivity index (χ2n) is 5.76. The lowest BCUT2D eigenvalue weighted by Crippen LogP contribution is -3.11. The maximum atomic E-state index is 13.0. The van der Waals surface area contributed by atoms with Gasteiger partial charge in [-0.3, -0.25) is 9.59 Å². The normalized spacial score (nSPS) is 11.5. The second kappa shape index (κ2) is 9.17. The number of likely N-dealkylation sites (N-methyl/N-ethyl adjacent to an activating group) is 1. The lowest BCUT2D eigenvalue weighted by molar-refractivity contribution is -0.862. The number of anilines is 2. The lowest BCUT2D eigenvalue weighted by atomic mass is 10.3. The first-order chi connectivity index (χ1) is 12.4. The minimum absolute atomic E-state index is 0.0548. The Bertz CT molecular complexity index is 801. The summed E-state index contributed by atoms with van der Waals surface area (Å²) in [7, 11) is 3.27. The molecular formula is C18H20ClFN3O3+. The summed E-state index contributed by atoms with van der Waals surface area (Å²) in [5.41, 5.74) is 0.941. The van der Waals surface area contributed by atoms with Crippen LogP contribution >= 0.6 is 11.6 Å². The smallest absolute Gasteiger partial charge is 0.279 e. The average Bonchev–Trinajstić information content (AvgIpc) is 2.57. The zero-order chi connectivity index (χ0) is 19.1. The topological polar surface area (TPSA) is 71.9 Å². The predicted molar refractivity (Wildman–Crippen MR) is 98.3 cm³/mol. The highest BCUT2D eigenvalue weighted by Gasteiger charge is 2.15. The van der Waals surface area contributed by atoms with Crippen LogP contribution in [0.25, 0.3) is 0 Å². The van der Waals surface area contributed by atoms with Crippen LogP contribution < -0.4 is 20.3 Å². The van der Waals surface area contributed by atoms with Crippen LogP contribution in [-0.2, 0) is 9.59 Å². The summed E-state index contributed by atoms with van der Waals surface area (Å²) in [5.74, 6) is -0.405. The summed E-state index contributed by atoms with van der Waals surface area (Å²) in [6.07, 6.45) is 0. The van der Waals surface area contributed by atoms with Gasteiger partial charge in [0, 0.05) is 11.8 Å². The van der Waals surface area contributed by atoms with Crippen molar-refractivity contribution in [2.24, 2.45) is 0 Å². The van der Waals surface area contributed by atoms with Gasteiger partial charge in [-0.25, -0.2) is 4.39 Å². The van der Waals surface area contributed by atoms with Gasteiger partial charge in [-0.2, -0.15) is 0 Å². The van der Waals surface area contributed by atoms with E-state index in [0.717, 1.165) is 6.07 Å². The molecule has 0 spiro atoms. The van der Waals surface area contributed by atoms with Gasteiger partial charge in [0.25, 0.3) is 11.8 Å². The second-order valence-corrected chi connectivity index (χ2v) is 6.17. The number of halogens is 2. The molecule has 0 aliphatic heterocycles. The Hall–Kier alpha value is -2.64. The van der Waals surface area contributed by atoms with Gasteiger partial charge >= 0.3 is 0 Å². The van der Waals surface area contributed by atoms with Gasteiger partial charge < -0.3 is 20.3 Å². The first-order valence-electron chi connectivity index (χ1n) is 7.87. The highest BCUT2D eigenvalue weighted by molar-refractivity contribution is 6.33. The van der Waals surface area contributed by atoms with Crippen molar-refractivity contribution in [3.63, 3.8) is 0 Å². The number of quaternary nitrogens is 1. The number of hydrogen-bond acceptors (Lipinski definition) is 3. The molecule has 0 heterocycles. The Morgan fingerprint density at radius 1 is 1.12 bits per heavy atom. The predicted octanol–water partition coefficient (Wildman–Crippen LogP) is 1.58. The van der Waals surface area contributed by atoms with Crippen LogP contribution in [0.3, 0.4) is 0 Å². The number of carbonyl (C=O) groups excluding carboxylic acids is 2. The molecule has 0 aromatic heterocycles. The van der Waals surface area contributed by atoms with E-state index in [4.69, 9.17) is 16.3 Å². The van der Waals surface area contributed by atoms with Crippen molar-refractivity contribution in [3.05, 3.63) is 53.3 Å². The molecule has 2 amide bonds. The molecule has 26 heavy (non-hydrogen) atoms. The molecule has 6 nitrogen and oxygen atoms in total. The van der Waals surface area contributed by atoms with Crippen LogP contribution in [0.1, 0.15) is 0 Å². The standard InChI is InChI=1S/C18H19ClFN3O3/c1-23(10-17(24)21-13-4-3-5-14(9-13)26-2)11-18(25)22-16-7-6-12(20)8-15(16)19/h3-9H,10-11H2,1-2H3,(H,21,24)(H,22,25)/p+1. The molecule has 138 valence electrons. The van der Waals surface area contributed by atoms with Crippen LogP contribution in [-0.4, -0.2) is 39.1 Å². The molecule has 0 aliphatic carbocycles. The van der Waals surface area contributed by atoms with Crippen LogP contribution in [0.15, 0.2) is 42.5 Å². The van der Waals surface area contributed by atoms with Gasteiger partial charge in [0.2, 0.25) is 0 Å². The quantitative estimate of drug-likeness (QED) is 0.683. The fraction of sp³-hybridized carbons (Fsp3) is 0.222. The summed E-state index contributed by atoms with van der Waals surface area (Å²) in [6.45, 7) is 0.154. The van der Waals surface area contributed by atoms with E-state index in [0.29, 0.717) is 22.0 Å². The van der Waals surface area contributed by atoms with Crippen molar-refractivity contribution in [1.29, 1.82) is 0 Å². The van der Waals surface area contributed by atoms with E-state index in [-0.39, 0.29) is 29.9 Å². The fourth-order valence-corrected chi connectivity index (χ4v) is 2.52. The number of rotatable bonds is 7. The van der Waals surface area contributed by atoms with E-state index in [1.807, 2.05) is 0 Å². The van der Waals surface area contributed by atoms with Crippen LogP contribution in [0.5, 0.6) is 5.75 Å². The van der Waals surface area contributed by atoms with Gasteiger partial charge in [0.05, 0.1) is 24.9 Å². The number of carbonyl (C=O) groups is 2. The summed E-state index contributed by atoms with van der Waals surface area (Å²) in [4.78, 5) is 24.8. The third-order valence-electron chi connectivity index (χ3n) is 3.48. The molecule has 0 saturated carbocycles. The van der Waals surface area contributed by atoms with Crippen molar-refractivity contribution in [2.45, 2.75) is 0 Å². The molecule has 2 aromatic rings. The number of nitrogens with one attached hydrogen (secondary N) is 3. The van der Waals surface area contributed by atoms with E-state index in [1.54, 1.807) is 38.4 Å². The highest BCUT2D eigenvalue weighted by Crippen LogP contribution is 2.22. The van der Waals surface area contributed by atoms with E-state index in [1.165, 1.54) is 12.1 Å². The molecule has 0 radical (unpaired) electrons. The molecule has 0 bridgehead atoms. The average molecular weight is 381 g/mol. The van der Waals surface area contributed by atoms with E-state index >= 15 is 0 Å². The van der Waals surface area contributed by atoms with Gasteiger partial charge in [0.15, 0.2) is 13.1 Å². The molecule has 0 fully saturated rings. The van der Waals surface area contributed by atoms with Crippen LogP contribution in [0.2, 0.25) is 5.02 Å². The SMILES string of the molecule is COc1cccc(NC(=O)C[NH+](C)CC(=O)Nc2ccc(F)cc2Cl)c1. The third-order valence-corrected chi connectivity index (χ3v) is 3.80. The number of benzene rings is 2. The summed E-state index contributed by atoms with van der Waals surface area (Å²) >= 11 is 5.87. The molecule has 0 saturated heterocycles. The third kappa shape index (κ3) is 6.02. The van der Waals surface area contributed by atoms with Gasteiger partial charge in [-0.15, -0.1) is 0 Å². The van der Waals surface area contributed by atoms with Gasteiger partial charge in [0.1, 0.15) is 11.6 Å². The summed E-state index contributed by atoms with van der Waals surface area (Å²) in [6, 6.07) is 10.7. The minimum Gasteiger partial charge on any atom is -0.497 e. The van der Waals surface area contributed by atoms with Crippen molar-refractivity contribution in [2.75, 3.05) is 37.9 Å². The molecule has 2 aromatic carbocycles. The number of methoxy groups -OCH3 is 1. The Balaban J connectivity index is 1.84. The molecule has 0 aliphatic rings. The Kier molecular flexibility index (Phi) is 6.94. The van der Waals surface area contributed by atoms with Crippen molar-refractivity contribution in [1.82, 2.24) is 0 Å². The zero-order valence-electron chi connectivity index (χ0n) is 14.4. The van der Waals surface area contributed by atoms with Crippen molar-refractivity contribution < 1.29 is 23.6 Å². The molecule has 2 rings (SSSR count). The largest absolute Gasteiger partial charge is 0.497 e. The van der Waals surface area contributed by atoms with Crippen LogP contribution in [0.4, 0.5) is 15.8 Å².